The van der Waals surface area contributed by atoms with Gasteiger partial charge >= 0.3 is 5.97 Å². The van der Waals surface area contributed by atoms with Crippen molar-refractivity contribution in [2.75, 3.05) is 18.5 Å². The van der Waals surface area contributed by atoms with Crippen molar-refractivity contribution in [2.24, 2.45) is 5.92 Å². The standard InChI is InChI=1S/C16H20N2O3/c1-2-11(7-8-19)9-17-15-13-6-4-3-5-12(13)14(10-18-15)16(20)21/h3-6,10-11,19H,2,7-9H2,1H3,(H,17,18)(H,20,21). The minimum atomic E-state index is -0.975. The molecule has 1 aromatic heterocycles. The number of fused-ring (bicyclic) bond motifs is 1. The second-order valence-corrected chi connectivity index (χ2v) is 5.04. The second-order valence-electron chi connectivity index (χ2n) is 5.04. The number of nitrogens with one attached hydrogen (secondary N) is 1. The van der Waals surface area contributed by atoms with Gasteiger partial charge in [-0.1, -0.05) is 37.6 Å². The summed E-state index contributed by atoms with van der Waals surface area (Å²) >= 11 is 0. The predicted molar refractivity (Wildman–Crippen MR) is 82.7 cm³/mol. The average molecular weight is 288 g/mol. The Labute approximate surface area is 123 Å². The lowest BCUT2D eigenvalue weighted by molar-refractivity contribution is 0.0698. The number of carboxylic acids is 1. The summed E-state index contributed by atoms with van der Waals surface area (Å²) < 4.78 is 0. The average Bonchev–Trinajstić information content (AvgIpc) is 2.50. The van der Waals surface area contributed by atoms with Crippen molar-refractivity contribution >= 4 is 22.6 Å². The van der Waals surface area contributed by atoms with E-state index in [2.05, 4.69) is 17.2 Å². The molecule has 5 nitrogen and oxygen atoms in total. The Hall–Kier alpha value is -2.14. The summed E-state index contributed by atoms with van der Waals surface area (Å²) in [7, 11) is 0. The third-order valence-electron chi connectivity index (χ3n) is 3.70. The first-order chi connectivity index (χ1) is 10.2. The first-order valence-electron chi connectivity index (χ1n) is 7.13. The molecule has 1 atom stereocenters. The molecular formula is C16H20N2O3. The molecule has 21 heavy (non-hydrogen) atoms. The number of benzene rings is 1. The Morgan fingerprint density at radius 2 is 2.05 bits per heavy atom. The van der Waals surface area contributed by atoms with Crippen molar-refractivity contribution in [1.82, 2.24) is 4.98 Å². The molecular weight excluding hydrogens is 268 g/mol. The van der Waals surface area contributed by atoms with Crippen LogP contribution < -0.4 is 5.32 Å². The van der Waals surface area contributed by atoms with Gasteiger partial charge in [0.25, 0.3) is 0 Å². The highest BCUT2D eigenvalue weighted by molar-refractivity contribution is 6.06. The Morgan fingerprint density at radius 3 is 2.67 bits per heavy atom. The van der Waals surface area contributed by atoms with Crippen LogP contribution in [0.2, 0.25) is 0 Å². The van der Waals surface area contributed by atoms with Crippen molar-refractivity contribution in [2.45, 2.75) is 19.8 Å². The van der Waals surface area contributed by atoms with E-state index in [-0.39, 0.29) is 12.2 Å². The fraction of sp³-hybridized carbons (Fsp3) is 0.375. The van der Waals surface area contributed by atoms with E-state index in [1.54, 1.807) is 6.07 Å². The van der Waals surface area contributed by atoms with E-state index in [1.807, 2.05) is 18.2 Å². The predicted octanol–water partition coefficient (Wildman–Crippen LogP) is 2.75. The number of carbonyl (C=O) groups is 1. The third kappa shape index (κ3) is 3.49. The molecule has 0 fully saturated rings. The minimum absolute atomic E-state index is 0.173. The van der Waals surface area contributed by atoms with Gasteiger partial charge in [-0.2, -0.15) is 0 Å². The lowest BCUT2D eigenvalue weighted by Gasteiger charge is -2.16. The highest BCUT2D eigenvalue weighted by atomic mass is 16.4. The number of rotatable bonds is 7. The second kappa shape index (κ2) is 7.04. The monoisotopic (exact) mass is 288 g/mol. The van der Waals surface area contributed by atoms with E-state index < -0.39 is 5.97 Å². The number of hydrogen-bond donors (Lipinski definition) is 3. The van der Waals surface area contributed by atoms with Crippen LogP contribution in [0.25, 0.3) is 10.8 Å². The van der Waals surface area contributed by atoms with Crippen molar-refractivity contribution in [3.63, 3.8) is 0 Å². The van der Waals surface area contributed by atoms with Crippen LogP contribution in [0, 0.1) is 5.92 Å². The number of aliphatic hydroxyl groups is 1. The van der Waals surface area contributed by atoms with Crippen LogP contribution in [0.4, 0.5) is 5.82 Å². The van der Waals surface area contributed by atoms with Crippen molar-refractivity contribution in [3.8, 4) is 0 Å². The molecule has 112 valence electrons. The van der Waals surface area contributed by atoms with Crippen LogP contribution in [0.3, 0.4) is 0 Å². The smallest absolute Gasteiger partial charge is 0.337 e. The fourth-order valence-electron chi connectivity index (χ4n) is 2.38. The van der Waals surface area contributed by atoms with E-state index in [9.17, 15) is 9.90 Å². The van der Waals surface area contributed by atoms with Gasteiger partial charge in [0.2, 0.25) is 0 Å². The van der Waals surface area contributed by atoms with Crippen LogP contribution in [0.1, 0.15) is 30.1 Å². The summed E-state index contributed by atoms with van der Waals surface area (Å²) in [5, 5.41) is 23.0. The number of anilines is 1. The first-order valence-corrected chi connectivity index (χ1v) is 7.13. The molecule has 1 heterocycles. The fourth-order valence-corrected chi connectivity index (χ4v) is 2.38. The van der Waals surface area contributed by atoms with Gasteiger partial charge < -0.3 is 15.5 Å². The molecule has 0 radical (unpaired) electrons. The van der Waals surface area contributed by atoms with Crippen molar-refractivity contribution in [3.05, 3.63) is 36.0 Å². The number of pyridine rings is 1. The topological polar surface area (TPSA) is 82.5 Å². The van der Waals surface area contributed by atoms with Gasteiger partial charge in [-0.3, -0.25) is 0 Å². The number of carboxylic acid groups (broad SMARTS) is 1. The maximum Gasteiger partial charge on any atom is 0.337 e. The number of aromatic nitrogens is 1. The van der Waals surface area contributed by atoms with Gasteiger partial charge in [0.05, 0.1) is 5.56 Å². The van der Waals surface area contributed by atoms with E-state index >= 15 is 0 Å². The summed E-state index contributed by atoms with van der Waals surface area (Å²) in [6.45, 7) is 2.97. The van der Waals surface area contributed by atoms with Gasteiger partial charge in [-0.15, -0.1) is 0 Å². The molecule has 0 saturated heterocycles. The molecule has 0 aliphatic carbocycles. The number of aromatic carboxylic acids is 1. The molecule has 0 amide bonds. The largest absolute Gasteiger partial charge is 0.478 e. The van der Waals surface area contributed by atoms with Crippen LogP contribution in [-0.4, -0.2) is 34.3 Å². The van der Waals surface area contributed by atoms with Crippen LogP contribution >= 0.6 is 0 Å². The number of nitrogens with zero attached hydrogens (tertiary/aromatic N) is 1. The zero-order chi connectivity index (χ0) is 15.2. The quantitative estimate of drug-likeness (QED) is 0.729. The van der Waals surface area contributed by atoms with Gasteiger partial charge in [-0.25, -0.2) is 9.78 Å². The molecule has 5 heteroatoms. The van der Waals surface area contributed by atoms with Gasteiger partial charge in [-0.05, 0) is 12.3 Å². The van der Waals surface area contributed by atoms with E-state index in [1.165, 1.54) is 6.20 Å². The molecule has 2 aromatic rings. The summed E-state index contributed by atoms with van der Waals surface area (Å²) in [6, 6.07) is 7.34. The van der Waals surface area contributed by atoms with E-state index in [0.717, 1.165) is 18.2 Å². The Balaban J connectivity index is 2.29. The molecule has 1 unspecified atom stereocenters. The van der Waals surface area contributed by atoms with Crippen molar-refractivity contribution in [1.29, 1.82) is 0 Å². The normalized spacial score (nSPS) is 12.3. The molecule has 1 aromatic carbocycles. The Bertz CT molecular complexity index is 628. The van der Waals surface area contributed by atoms with Crippen LogP contribution in [-0.2, 0) is 0 Å². The maximum absolute atomic E-state index is 11.2. The van der Waals surface area contributed by atoms with E-state index in [4.69, 9.17) is 5.11 Å². The molecule has 0 aliphatic rings. The number of hydrogen-bond acceptors (Lipinski definition) is 4. The zero-order valence-corrected chi connectivity index (χ0v) is 12.0. The van der Waals surface area contributed by atoms with Crippen molar-refractivity contribution < 1.29 is 15.0 Å². The third-order valence-corrected chi connectivity index (χ3v) is 3.70. The summed E-state index contributed by atoms with van der Waals surface area (Å²) in [6.07, 6.45) is 3.10. The maximum atomic E-state index is 11.2. The molecule has 0 spiro atoms. The molecule has 3 N–H and O–H groups in total. The lowest BCUT2D eigenvalue weighted by atomic mass is 10.0. The van der Waals surface area contributed by atoms with Gasteiger partial charge in [0.15, 0.2) is 0 Å². The molecule has 0 bridgehead atoms. The molecule has 0 aliphatic heterocycles. The van der Waals surface area contributed by atoms with Gasteiger partial charge in [0.1, 0.15) is 5.82 Å². The Kier molecular flexibility index (Phi) is 5.11. The zero-order valence-electron chi connectivity index (χ0n) is 12.0. The highest BCUT2D eigenvalue weighted by Crippen LogP contribution is 2.25. The lowest BCUT2D eigenvalue weighted by Crippen LogP contribution is -2.16. The highest BCUT2D eigenvalue weighted by Gasteiger charge is 2.13. The van der Waals surface area contributed by atoms with Crippen LogP contribution in [0.5, 0.6) is 0 Å². The SMILES string of the molecule is CCC(CCO)CNc1ncc(C(=O)O)c2ccccc12. The van der Waals surface area contributed by atoms with Crippen LogP contribution in [0.15, 0.2) is 30.5 Å². The minimum Gasteiger partial charge on any atom is -0.478 e. The molecule has 0 saturated carbocycles. The summed E-state index contributed by atoms with van der Waals surface area (Å²) in [5.74, 6) is 0.0821. The van der Waals surface area contributed by atoms with Gasteiger partial charge in [0, 0.05) is 30.1 Å². The number of aliphatic hydroxyl groups excluding tert-OH is 1. The Morgan fingerprint density at radius 1 is 1.33 bits per heavy atom. The molecule has 2 rings (SSSR count). The first kappa shape index (κ1) is 15.3. The summed E-state index contributed by atoms with van der Waals surface area (Å²) in [5.41, 5.74) is 0.207. The summed E-state index contributed by atoms with van der Waals surface area (Å²) in [4.78, 5) is 15.5. The van der Waals surface area contributed by atoms with E-state index in [0.29, 0.717) is 23.7 Å².